The molecule has 11 nitrogen and oxygen atoms in total. The number of halogens is 1. The predicted molar refractivity (Wildman–Crippen MR) is 135 cm³/mol. The van der Waals surface area contributed by atoms with E-state index in [9.17, 15) is 39.9 Å². The van der Waals surface area contributed by atoms with Crippen molar-refractivity contribution in [2.24, 2.45) is 17.6 Å². The maximum atomic E-state index is 15.9. The molecule has 4 aliphatic rings. The topological polar surface area (TPSA) is 185 Å². The number of aliphatic hydroxyl groups excluding tert-OH is 3. The van der Waals surface area contributed by atoms with Gasteiger partial charge in [-0.3, -0.25) is 24.2 Å². The molecule has 39 heavy (non-hydrogen) atoms. The summed E-state index contributed by atoms with van der Waals surface area (Å²) in [6, 6.07) is -0.0214. The largest absolute Gasteiger partial charge is 0.508 e. The van der Waals surface area contributed by atoms with Crippen LogP contribution in [0.25, 0.3) is 5.76 Å². The fourth-order valence-corrected chi connectivity index (χ4v) is 6.78. The first-order valence-corrected chi connectivity index (χ1v) is 12.9. The number of amides is 1. The van der Waals surface area contributed by atoms with Crippen molar-refractivity contribution in [1.82, 2.24) is 9.80 Å². The highest BCUT2D eigenvalue weighted by molar-refractivity contribution is 6.24. The summed E-state index contributed by atoms with van der Waals surface area (Å²) in [7, 11) is 3.02. The molecule has 0 radical (unpaired) electrons. The van der Waals surface area contributed by atoms with Crippen LogP contribution in [0.15, 0.2) is 23.0 Å². The second-order valence-electron chi connectivity index (χ2n) is 11.2. The highest BCUT2D eigenvalue weighted by atomic mass is 19.1. The van der Waals surface area contributed by atoms with E-state index >= 15 is 4.39 Å². The van der Waals surface area contributed by atoms with E-state index in [1.54, 1.807) is 0 Å². The Balaban J connectivity index is 1.61. The number of rotatable bonds is 4. The number of carbonyl (C=O) groups excluding carboxylic acids is 3. The van der Waals surface area contributed by atoms with E-state index in [1.165, 1.54) is 25.1 Å². The number of phenolic OH excluding ortho intramolecular Hbond substituents is 1. The normalized spacial score (nSPS) is 29.9. The summed E-state index contributed by atoms with van der Waals surface area (Å²) in [5, 5.41) is 54.2. The molecule has 0 aromatic heterocycles. The first-order valence-electron chi connectivity index (χ1n) is 12.9. The number of carbonyl (C=O) groups is 3. The number of ketones is 2. The Hall–Kier alpha value is -3.32. The van der Waals surface area contributed by atoms with Gasteiger partial charge in [0.2, 0.25) is 5.78 Å². The van der Waals surface area contributed by atoms with Crippen LogP contribution in [-0.4, -0.2) is 97.7 Å². The van der Waals surface area contributed by atoms with Crippen LogP contribution >= 0.6 is 0 Å². The number of fused-ring (bicyclic) bond motifs is 3. The molecule has 1 aliphatic heterocycles. The maximum Gasteiger partial charge on any atom is 0.255 e. The zero-order chi connectivity index (χ0) is 28.5. The fraction of sp³-hybridized carbons (Fsp3) is 0.519. The molecule has 2 fully saturated rings. The minimum atomic E-state index is -2.74. The summed E-state index contributed by atoms with van der Waals surface area (Å²) in [5.41, 5.74) is 1.29. The molecule has 7 N–H and O–H groups in total. The molecule has 5 rings (SSSR count). The van der Waals surface area contributed by atoms with Gasteiger partial charge in [0, 0.05) is 42.3 Å². The van der Waals surface area contributed by atoms with Crippen LogP contribution < -0.4 is 5.73 Å². The lowest BCUT2D eigenvalue weighted by molar-refractivity contribution is -0.153. The number of hydrogen-bond acceptors (Lipinski definition) is 10. The monoisotopic (exact) mass is 545 g/mol. The van der Waals surface area contributed by atoms with Gasteiger partial charge in [-0.25, -0.2) is 4.39 Å². The number of piperidine rings is 1. The minimum absolute atomic E-state index is 0.00709. The molecule has 1 amide bonds. The molecular weight excluding hydrogens is 513 g/mol. The van der Waals surface area contributed by atoms with Crippen LogP contribution in [0.5, 0.6) is 5.75 Å². The Kier molecular flexibility index (Phi) is 6.57. The van der Waals surface area contributed by atoms with E-state index in [2.05, 4.69) is 0 Å². The zero-order valence-corrected chi connectivity index (χ0v) is 21.6. The smallest absolute Gasteiger partial charge is 0.255 e. The molecule has 1 saturated carbocycles. The first-order chi connectivity index (χ1) is 18.3. The van der Waals surface area contributed by atoms with Crippen molar-refractivity contribution in [3.8, 4) is 5.75 Å². The van der Waals surface area contributed by atoms with Crippen LogP contribution in [0.1, 0.15) is 36.0 Å². The average molecular weight is 546 g/mol. The number of aliphatic hydroxyl groups is 4. The van der Waals surface area contributed by atoms with E-state index in [0.717, 1.165) is 0 Å². The van der Waals surface area contributed by atoms with E-state index < -0.39 is 75.7 Å². The van der Waals surface area contributed by atoms with Crippen molar-refractivity contribution in [1.29, 1.82) is 0 Å². The SMILES string of the molecule is CN(C)[C@@H]1C(=O)C(C(N)=O)=C(O)[C@@]2(O)C(=O)C3=C(O)c4c(O)cc(CN5CCC(O)CC5)c(F)c4C[C@H]3C[C@@H]12. The van der Waals surface area contributed by atoms with Crippen molar-refractivity contribution < 1.29 is 44.3 Å². The highest BCUT2D eigenvalue weighted by Crippen LogP contribution is 2.53. The van der Waals surface area contributed by atoms with Crippen LogP contribution in [-0.2, 0) is 27.3 Å². The number of phenols is 1. The van der Waals surface area contributed by atoms with Gasteiger partial charge in [0.25, 0.3) is 5.91 Å². The van der Waals surface area contributed by atoms with Crippen molar-refractivity contribution in [2.75, 3.05) is 27.2 Å². The fourth-order valence-electron chi connectivity index (χ4n) is 6.78. The van der Waals surface area contributed by atoms with Gasteiger partial charge in [-0.2, -0.15) is 0 Å². The number of aromatic hydroxyl groups is 1. The van der Waals surface area contributed by atoms with Crippen molar-refractivity contribution in [3.05, 3.63) is 45.5 Å². The molecule has 0 bridgehead atoms. The van der Waals surface area contributed by atoms with Crippen molar-refractivity contribution in [3.63, 3.8) is 0 Å². The third-order valence-electron chi connectivity index (χ3n) is 8.68. The lowest BCUT2D eigenvalue weighted by Crippen LogP contribution is -2.65. The Bertz CT molecular complexity index is 1350. The van der Waals surface area contributed by atoms with Gasteiger partial charge in [-0.15, -0.1) is 0 Å². The van der Waals surface area contributed by atoms with E-state index in [0.29, 0.717) is 25.9 Å². The summed E-state index contributed by atoms with van der Waals surface area (Å²) in [4.78, 5) is 42.3. The van der Waals surface area contributed by atoms with Gasteiger partial charge >= 0.3 is 0 Å². The van der Waals surface area contributed by atoms with Crippen molar-refractivity contribution in [2.45, 2.75) is 50.0 Å². The molecule has 3 aliphatic carbocycles. The second kappa shape index (κ2) is 9.40. The molecular formula is C27H32FN3O8. The molecule has 210 valence electrons. The van der Waals surface area contributed by atoms with E-state index in [-0.39, 0.29) is 41.6 Å². The summed E-state index contributed by atoms with van der Waals surface area (Å²) >= 11 is 0. The van der Waals surface area contributed by atoms with E-state index in [4.69, 9.17) is 5.73 Å². The molecule has 0 spiro atoms. The molecule has 0 unspecified atom stereocenters. The third-order valence-corrected chi connectivity index (χ3v) is 8.68. The number of nitrogens with zero attached hydrogens (tertiary/aromatic N) is 2. The molecule has 4 atom stereocenters. The van der Waals surface area contributed by atoms with Gasteiger partial charge in [0.05, 0.1) is 17.7 Å². The van der Waals surface area contributed by atoms with Gasteiger partial charge < -0.3 is 31.3 Å². The van der Waals surface area contributed by atoms with Gasteiger partial charge in [-0.05, 0) is 51.8 Å². The second-order valence-corrected chi connectivity index (χ2v) is 11.2. The summed E-state index contributed by atoms with van der Waals surface area (Å²) in [6.45, 7) is 1.28. The molecule has 12 heteroatoms. The Labute approximate surface area is 223 Å². The predicted octanol–water partition coefficient (Wildman–Crippen LogP) is 0.0598. The average Bonchev–Trinajstić information content (AvgIpc) is 2.85. The number of benzene rings is 1. The zero-order valence-electron chi connectivity index (χ0n) is 21.6. The van der Waals surface area contributed by atoms with Gasteiger partial charge in [0.15, 0.2) is 11.4 Å². The number of primary amides is 1. The maximum absolute atomic E-state index is 15.9. The lowest BCUT2D eigenvalue weighted by Gasteiger charge is -2.50. The quantitative estimate of drug-likeness (QED) is 0.283. The van der Waals surface area contributed by atoms with E-state index in [1.807, 2.05) is 4.90 Å². The van der Waals surface area contributed by atoms with Gasteiger partial charge in [0.1, 0.15) is 28.7 Å². The van der Waals surface area contributed by atoms with Crippen LogP contribution in [0.2, 0.25) is 0 Å². The molecule has 1 heterocycles. The number of Topliss-reactive ketones (excluding diaryl/α,β-unsaturated/α-hetero) is 2. The molecule has 1 aromatic carbocycles. The highest BCUT2D eigenvalue weighted by Gasteiger charge is 2.64. The van der Waals surface area contributed by atoms with Crippen LogP contribution in [0, 0.1) is 17.7 Å². The molecule has 1 saturated heterocycles. The third kappa shape index (κ3) is 3.96. The van der Waals surface area contributed by atoms with Crippen molar-refractivity contribution >= 4 is 23.2 Å². The summed E-state index contributed by atoms with van der Waals surface area (Å²) < 4.78 is 15.9. The van der Waals surface area contributed by atoms with Gasteiger partial charge in [-0.1, -0.05) is 0 Å². The Morgan fingerprint density at radius 3 is 2.44 bits per heavy atom. The summed E-state index contributed by atoms with van der Waals surface area (Å²) in [6.07, 6.45) is 0.465. The lowest BCUT2D eigenvalue weighted by atomic mass is 9.57. The Morgan fingerprint density at radius 2 is 1.85 bits per heavy atom. The number of likely N-dealkylation sites (tertiary alicyclic amines) is 1. The van der Waals surface area contributed by atoms with Crippen LogP contribution in [0.3, 0.4) is 0 Å². The number of nitrogens with two attached hydrogens (primary N) is 1. The summed E-state index contributed by atoms with van der Waals surface area (Å²) in [5.74, 6) is -8.36. The molecule has 1 aromatic rings. The minimum Gasteiger partial charge on any atom is -0.508 e. The standard InChI is InChI=1S/C27H32FN3O8/c1-30(2)21-15-8-11-7-14-18(16(33)9-12(20(14)28)10-31-5-3-13(32)4-6-31)22(34)17(11)24(36)27(15,39)25(37)19(23(21)35)26(29)38/h9,11,13,15,21,32-34,37,39H,3-8,10H2,1-2H3,(H2,29,38)/t11-,15-,21-,27-/m0/s1. The Morgan fingerprint density at radius 1 is 1.21 bits per heavy atom. The first kappa shape index (κ1) is 27.3. The number of likely N-dealkylation sites (N-methyl/N-ethyl adjacent to an activating group) is 1. The van der Waals surface area contributed by atoms with Crippen LogP contribution in [0.4, 0.5) is 4.39 Å². The number of hydrogen-bond donors (Lipinski definition) is 6.